The fraction of sp³-hybridized carbons (Fsp3) is 0.333. The highest BCUT2D eigenvalue weighted by Crippen LogP contribution is 2.26. The van der Waals surface area contributed by atoms with E-state index in [0.29, 0.717) is 30.3 Å². The Kier molecular flexibility index (Phi) is 4.96. The average Bonchev–Trinajstić information content (AvgIpc) is 2.63. The van der Waals surface area contributed by atoms with Crippen molar-refractivity contribution in [2.75, 3.05) is 43.6 Å². The van der Waals surface area contributed by atoms with E-state index in [1.807, 2.05) is 37.3 Å². The first-order chi connectivity index (χ1) is 11.7. The van der Waals surface area contributed by atoms with Gasteiger partial charge in [0.2, 0.25) is 0 Å². The number of nitrogens with one attached hydrogen (secondary N) is 1. The van der Waals surface area contributed by atoms with E-state index in [4.69, 9.17) is 9.47 Å². The van der Waals surface area contributed by atoms with Gasteiger partial charge in [-0.3, -0.25) is 9.78 Å². The van der Waals surface area contributed by atoms with Crippen LogP contribution in [0.4, 0.5) is 11.4 Å². The monoisotopic (exact) mass is 327 g/mol. The molecule has 6 heteroatoms. The summed E-state index contributed by atoms with van der Waals surface area (Å²) in [5, 5.41) is 2.88. The molecule has 0 aliphatic carbocycles. The molecular weight excluding hydrogens is 306 g/mol. The molecular formula is C18H21N3O3. The van der Waals surface area contributed by atoms with Gasteiger partial charge in [-0.2, -0.15) is 0 Å². The molecule has 0 bridgehead atoms. The number of pyridine rings is 1. The van der Waals surface area contributed by atoms with E-state index >= 15 is 0 Å². The summed E-state index contributed by atoms with van der Waals surface area (Å²) in [5.41, 5.74) is 3.04. The van der Waals surface area contributed by atoms with Gasteiger partial charge in [0.25, 0.3) is 5.91 Å². The molecule has 6 nitrogen and oxygen atoms in total. The molecule has 0 saturated carbocycles. The number of methoxy groups -OCH3 is 1. The summed E-state index contributed by atoms with van der Waals surface area (Å²) < 4.78 is 10.7. The van der Waals surface area contributed by atoms with Gasteiger partial charge in [-0.1, -0.05) is 6.07 Å². The third kappa shape index (κ3) is 3.65. The van der Waals surface area contributed by atoms with Gasteiger partial charge >= 0.3 is 0 Å². The first kappa shape index (κ1) is 16.3. The number of hydrogen-bond acceptors (Lipinski definition) is 5. The number of rotatable bonds is 4. The van der Waals surface area contributed by atoms with Crippen LogP contribution < -0.4 is 15.0 Å². The van der Waals surface area contributed by atoms with Crippen molar-refractivity contribution in [3.63, 3.8) is 0 Å². The van der Waals surface area contributed by atoms with Crippen LogP contribution in [0.1, 0.15) is 16.1 Å². The molecule has 1 saturated heterocycles. The standard InChI is InChI=1S/C18H21N3O3/c1-13-3-4-17(23-2)15(11-13)20-18(22)16-12-14(5-6-19-16)21-7-9-24-10-8-21/h3-6,11-12H,7-10H2,1-2H3,(H,20,22). The first-order valence-electron chi connectivity index (χ1n) is 7.92. The number of aromatic nitrogens is 1. The SMILES string of the molecule is COc1ccc(C)cc1NC(=O)c1cc(N2CCOCC2)ccn1. The summed E-state index contributed by atoms with van der Waals surface area (Å²) >= 11 is 0. The van der Waals surface area contributed by atoms with E-state index in [1.54, 1.807) is 13.3 Å². The Balaban J connectivity index is 1.79. The highest BCUT2D eigenvalue weighted by molar-refractivity contribution is 6.04. The Bertz CT molecular complexity index is 727. The molecule has 2 aromatic rings. The molecule has 1 N–H and O–H groups in total. The van der Waals surface area contributed by atoms with Gasteiger partial charge in [-0.05, 0) is 36.8 Å². The van der Waals surface area contributed by atoms with Crippen molar-refractivity contribution in [3.8, 4) is 5.75 Å². The van der Waals surface area contributed by atoms with Crippen LogP contribution in [0.2, 0.25) is 0 Å². The van der Waals surface area contributed by atoms with E-state index < -0.39 is 0 Å². The largest absolute Gasteiger partial charge is 0.495 e. The van der Waals surface area contributed by atoms with E-state index in [0.717, 1.165) is 24.3 Å². The van der Waals surface area contributed by atoms with Gasteiger partial charge in [-0.15, -0.1) is 0 Å². The molecule has 3 rings (SSSR count). The lowest BCUT2D eigenvalue weighted by molar-refractivity contribution is 0.102. The number of carbonyl (C=O) groups is 1. The number of morpholine rings is 1. The summed E-state index contributed by atoms with van der Waals surface area (Å²) in [7, 11) is 1.58. The van der Waals surface area contributed by atoms with Crippen molar-refractivity contribution in [2.45, 2.75) is 6.92 Å². The van der Waals surface area contributed by atoms with Crippen LogP contribution in [0.5, 0.6) is 5.75 Å². The van der Waals surface area contributed by atoms with E-state index in [2.05, 4.69) is 15.2 Å². The van der Waals surface area contributed by atoms with E-state index in [-0.39, 0.29) is 5.91 Å². The van der Waals surface area contributed by atoms with Crippen molar-refractivity contribution < 1.29 is 14.3 Å². The minimum atomic E-state index is -0.256. The van der Waals surface area contributed by atoms with Crippen LogP contribution >= 0.6 is 0 Å². The van der Waals surface area contributed by atoms with Crippen molar-refractivity contribution in [3.05, 3.63) is 47.8 Å². The van der Waals surface area contributed by atoms with Crippen molar-refractivity contribution in [1.82, 2.24) is 4.98 Å². The molecule has 126 valence electrons. The molecule has 1 amide bonds. The maximum Gasteiger partial charge on any atom is 0.274 e. The Labute approximate surface area is 141 Å². The second-order valence-corrected chi connectivity index (χ2v) is 5.66. The number of carbonyl (C=O) groups excluding carboxylic acids is 1. The first-order valence-corrected chi connectivity index (χ1v) is 7.92. The molecule has 1 fully saturated rings. The summed E-state index contributed by atoms with van der Waals surface area (Å²) in [4.78, 5) is 18.9. The number of benzene rings is 1. The lowest BCUT2D eigenvalue weighted by atomic mass is 10.2. The van der Waals surface area contributed by atoms with Gasteiger partial charge in [-0.25, -0.2) is 0 Å². The van der Waals surface area contributed by atoms with Crippen molar-refractivity contribution in [1.29, 1.82) is 0 Å². The summed E-state index contributed by atoms with van der Waals surface area (Å²) in [6, 6.07) is 9.37. The fourth-order valence-corrected chi connectivity index (χ4v) is 2.67. The quantitative estimate of drug-likeness (QED) is 0.935. The topological polar surface area (TPSA) is 63.7 Å². The van der Waals surface area contributed by atoms with E-state index in [1.165, 1.54) is 0 Å². The fourth-order valence-electron chi connectivity index (χ4n) is 2.67. The van der Waals surface area contributed by atoms with Gasteiger partial charge in [0.15, 0.2) is 0 Å². The van der Waals surface area contributed by atoms with Crippen molar-refractivity contribution >= 4 is 17.3 Å². The molecule has 0 radical (unpaired) electrons. The number of amides is 1. The van der Waals surface area contributed by atoms with Gasteiger partial charge < -0.3 is 19.7 Å². The van der Waals surface area contributed by atoms with Gasteiger partial charge in [0, 0.05) is 25.0 Å². The van der Waals surface area contributed by atoms with Gasteiger partial charge in [0.1, 0.15) is 11.4 Å². The minimum Gasteiger partial charge on any atom is -0.495 e. The predicted octanol–water partition coefficient (Wildman–Crippen LogP) is 2.49. The second-order valence-electron chi connectivity index (χ2n) is 5.66. The smallest absolute Gasteiger partial charge is 0.274 e. The number of aryl methyl sites for hydroxylation is 1. The summed E-state index contributed by atoms with van der Waals surface area (Å²) in [6.07, 6.45) is 1.66. The summed E-state index contributed by atoms with van der Waals surface area (Å²) in [6.45, 7) is 4.99. The highest BCUT2D eigenvalue weighted by atomic mass is 16.5. The molecule has 0 atom stereocenters. The molecule has 0 spiro atoms. The van der Waals surface area contributed by atoms with Crippen LogP contribution in [0.3, 0.4) is 0 Å². The molecule has 1 aliphatic rings. The van der Waals surface area contributed by atoms with Gasteiger partial charge in [0.05, 0.1) is 26.0 Å². The molecule has 1 aliphatic heterocycles. The zero-order valence-corrected chi connectivity index (χ0v) is 13.9. The summed E-state index contributed by atoms with van der Waals surface area (Å²) in [5.74, 6) is 0.368. The number of nitrogens with zero attached hydrogens (tertiary/aromatic N) is 2. The third-order valence-corrected chi connectivity index (χ3v) is 3.96. The maximum atomic E-state index is 12.6. The molecule has 0 unspecified atom stereocenters. The minimum absolute atomic E-state index is 0.256. The van der Waals surface area contributed by atoms with Crippen LogP contribution in [0.25, 0.3) is 0 Å². The predicted molar refractivity (Wildman–Crippen MR) is 93.0 cm³/mol. The zero-order valence-electron chi connectivity index (χ0n) is 13.9. The Hall–Kier alpha value is -2.60. The van der Waals surface area contributed by atoms with E-state index in [9.17, 15) is 4.79 Å². The Morgan fingerprint density at radius 2 is 2.04 bits per heavy atom. The highest BCUT2D eigenvalue weighted by Gasteiger charge is 2.15. The maximum absolute atomic E-state index is 12.6. The van der Waals surface area contributed by atoms with Crippen LogP contribution in [-0.2, 0) is 4.74 Å². The zero-order chi connectivity index (χ0) is 16.9. The Morgan fingerprint density at radius 1 is 1.25 bits per heavy atom. The molecule has 24 heavy (non-hydrogen) atoms. The number of ether oxygens (including phenoxy) is 2. The molecule has 1 aromatic heterocycles. The Morgan fingerprint density at radius 3 is 2.79 bits per heavy atom. The molecule has 1 aromatic carbocycles. The number of anilines is 2. The number of hydrogen-bond donors (Lipinski definition) is 1. The normalized spacial score (nSPS) is 14.3. The van der Waals surface area contributed by atoms with Crippen LogP contribution in [0.15, 0.2) is 36.5 Å². The van der Waals surface area contributed by atoms with Crippen LogP contribution in [0, 0.1) is 6.92 Å². The van der Waals surface area contributed by atoms with Crippen molar-refractivity contribution in [2.24, 2.45) is 0 Å². The second kappa shape index (κ2) is 7.31. The third-order valence-electron chi connectivity index (χ3n) is 3.96. The molecule has 2 heterocycles. The lowest BCUT2D eigenvalue weighted by Crippen LogP contribution is -2.36. The van der Waals surface area contributed by atoms with Crippen LogP contribution in [-0.4, -0.2) is 44.3 Å². The lowest BCUT2D eigenvalue weighted by Gasteiger charge is -2.28. The average molecular weight is 327 g/mol.